The lowest BCUT2D eigenvalue weighted by atomic mass is 10.2. The van der Waals surface area contributed by atoms with Gasteiger partial charge in [-0.25, -0.2) is 14.5 Å². The van der Waals surface area contributed by atoms with Gasteiger partial charge in [0, 0.05) is 11.9 Å². The maximum atomic E-state index is 13.0. The van der Waals surface area contributed by atoms with Crippen LogP contribution in [0.3, 0.4) is 0 Å². The van der Waals surface area contributed by atoms with E-state index < -0.39 is 23.5 Å². The first-order valence-electron chi connectivity index (χ1n) is 9.12. The van der Waals surface area contributed by atoms with Gasteiger partial charge >= 0.3 is 12.4 Å². The van der Waals surface area contributed by atoms with Crippen LogP contribution in [0, 0.1) is 0 Å². The maximum absolute atomic E-state index is 13.0. The van der Waals surface area contributed by atoms with E-state index in [1.807, 2.05) is 0 Å². The highest BCUT2D eigenvalue weighted by molar-refractivity contribution is 5.57. The zero-order chi connectivity index (χ0) is 22.9. The van der Waals surface area contributed by atoms with Gasteiger partial charge in [0.25, 0.3) is 0 Å². The summed E-state index contributed by atoms with van der Waals surface area (Å²) in [5.74, 6) is -0.0366. The van der Waals surface area contributed by atoms with Crippen molar-refractivity contribution in [3.8, 4) is 0 Å². The van der Waals surface area contributed by atoms with Gasteiger partial charge in [-0.1, -0.05) is 18.2 Å². The molecule has 0 amide bonds. The summed E-state index contributed by atoms with van der Waals surface area (Å²) >= 11 is 0. The molecule has 0 saturated heterocycles. The summed E-state index contributed by atoms with van der Waals surface area (Å²) in [6, 6.07) is 13.7. The van der Waals surface area contributed by atoms with E-state index >= 15 is 0 Å². The summed E-state index contributed by atoms with van der Waals surface area (Å²) in [5, 5.41) is 7.01. The second-order valence-corrected chi connectivity index (χ2v) is 6.65. The summed E-state index contributed by atoms with van der Waals surface area (Å²) < 4.78 is 79.6. The van der Waals surface area contributed by atoms with E-state index in [2.05, 4.69) is 20.4 Å². The van der Waals surface area contributed by atoms with Crippen molar-refractivity contribution in [1.29, 1.82) is 0 Å². The van der Waals surface area contributed by atoms with Gasteiger partial charge in [0.1, 0.15) is 0 Å². The third-order valence-electron chi connectivity index (χ3n) is 4.32. The number of hydrogen-bond acceptors (Lipinski definition) is 4. The van der Waals surface area contributed by atoms with Crippen molar-refractivity contribution in [3.05, 3.63) is 89.5 Å². The number of hydrogen-bond donors (Lipinski definition) is 1. The quantitative estimate of drug-likeness (QED) is 0.406. The van der Waals surface area contributed by atoms with Crippen LogP contribution in [0.1, 0.15) is 11.1 Å². The third-order valence-corrected chi connectivity index (χ3v) is 4.32. The minimum Gasteiger partial charge on any atom is -0.336 e. The Kier molecular flexibility index (Phi) is 5.33. The van der Waals surface area contributed by atoms with E-state index in [9.17, 15) is 26.3 Å². The lowest BCUT2D eigenvalue weighted by Gasteiger charge is -2.11. The number of nitrogens with one attached hydrogen (secondary N) is 1. The zero-order valence-corrected chi connectivity index (χ0v) is 16.0. The second kappa shape index (κ2) is 7.98. The van der Waals surface area contributed by atoms with E-state index in [1.54, 1.807) is 24.4 Å². The third kappa shape index (κ3) is 4.71. The summed E-state index contributed by atoms with van der Waals surface area (Å²) in [6.45, 7) is 0. The largest absolute Gasteiger partial charge is 0.416 e. The van der Waals surface area contributed by atoms with Crippen molar-refractivity contribution in [2.75, 3.05) is 5.32 Å². The highest BCUT2D eigenvalue weighted by Gasteiger charge is 2.31. The molecule has 0 radical (unpaired) electrons. The van der Waals surface area contributed by atoms with Gasteiger partial charge in [0.05, 0.1) is 16.8 Å². The van der Waals surface area contributed by atoms with Crippen LogP contribution in [0.2, 0.25) is 0 Å². The molecule has 0 aliphatic rings. The molecule has 4 aromatic rings. The number of rotatable bonds is 3. The molecule has 164 valence electrons. The van der Waals surface area contributed by atoms with E-state index in [1.165, 1.54) is 28.8 Å². The Morgan fingerprint density at radius 2 is 1.47 bits per heavy atom. The minimum absolute atomic E-state index is 0.0366. The van der Waals surface area contributed by atoms with E-state index in [-0.39, 0.29) is 22.7 Å². The average molecular weight is 449 g/mol. The molecule has 0 fully saturated rings. The lowest BCUT2D eigenvalue weighted by molar-refractivity contribution is -0.138. The summed E-state index contributed by atoms with van der Waals surface area (Å²) in [4.78, 5) is 8.46. The van der Waals surface area contributed by atoms with Crippen molar-refractivity contribution in [2.45, 2.75) is 12.4 Å². The molecule has 5 nitrogen and oxygen atoms in total. The van der Waals surface area contributed by atoms with Crippen LogP contribution in [-0.4, -0.2) is 14.6 Å². The molecule has 0 bridgehead atoms. The first-order valence-corrected chi connectivity index (χ1v) is 9.12. The molecular formula is C21H13F6N5. The fourth-order valence-corrected chi connectivity index (χ4v) is 2.86. The van der Waals surface area contributed by atoms with Gasteiger partial charge in [-0.15, -0.1) is 5.10 Å². The Morgan fingerprint density at radius 3 is 2.19 bits per heavy atom. The van der Waals surface area contributed by atoms with Crippen LogP contribution in [-0.2, 0) is 12.4 Å². The molecule has 4 rings (SSSR count). The summed E-state index contributed by atoms with van der Waals surface area (Å²) in [6.07, 6.45) is -7.55. The molecule has 0 saturated carbocycles. The number of anilines is 2. The standard InChI is InChI=1S/C21H13F6N5/c22-20(23,24)13-5-3-7-15(11-13)28-18-19(31-32-10-2-1-9-17(32)30-18)29-16-8-4-6-14(12-16)21(25,26)27/h1-12H,(H,29,31). The molecule has 2 aromatic heterocycles. The molecule has 0 aliphatic carbocycles. The molecule has 0 unspecified atom stereocenters. The highest BCUT2D eigenvalue weighted by atomic mass is 19.4. The molecule has 2 aromatic carbocycles. The van der Waals surface area contributed by atoms with Crippen LogP contribution in [0.15, 0.2) is 77.9 Å². The molecule has 11 heteroatoms. The number of aromatic nitrogens is 3. The van der Waals surface area contributed by atoms with Crippen molar-refractivity contribution in [3.63, 3.8) is 0 Å². The first kappa shape index (κ1) is 21.3. The Hall–Kier alpha value is -3.89. The number of halogens is 6. The topological polar surface area (TPSA) is 54.6 Å². The van der Waals surface area contributed by atoms with Crippen LogP contribution >= 0.6 is 0 Å². The van der Waals surface area contributed by atoms with Crippen LogP contribution in [0.5, 0.6) is 0 Å². The van der Waals surface area contributed by atoms with Crippen LogP contribution in [0.4, 0.5) is 43.5 Å². The Bertz CT molecular complexity index is 1340. The van der Waals surface area contributed by atoms with Gasteiger partial charge in [-0.3, -0.25) is 0 Å². The van der Waals surface area contributed by atoms with Crippen molar-refractivity contribution < 1.29 is 26.3 Å². The number of fused-ring (bicyclic) bond motifs is 1. The van der Waals surface area contributed by atoms with E-state index in [0.717, 1.165) is 24.3 Å². The number of alkyl halides is 6. The smallest absolute Gasteiger partial charge is 0.336 e. The molecule has 0 spiro atoms. The van der Waals surface area contributed by atoms with Gasteiger partial charge in [-0.05, 0) is 48.5 Å². The maximum Gasteiger partial charge on any atom is 0.416 e. The lowest BCUT2D eigenvalue weighted by Crippen LogP contribution is -2.19. The van der Waals surface area contributed by atoms with Crippen LogP contribution < -0.4 is 10.8 Å². The second-order valence-electron chi connectivity index (χ2n) is 6.65. The number of pyridine rings is 1. The molecular weight excluding hydrogens is 436 g/mol. The molecule has 0 aliphatic heterocycles. The van der Waals surface area contributed by atoms with Gasteiger partial charge in [0.15, 0.2) is 17.0 Å². The van der Waals surface area contributed by atoms with Crippen molar-refractivity contribution in [2.24, 2.45) is 4.99 Å². The number of benzene rings is 2. The summed E-state index contributed by atoms with van der Waals surface area (Å²) in [7, 11) is 0. The fourth-order valence-electron chi connectivity index (χ4n) is 2.86. The molecule has 1 N–H and O–H groups in total. The number of nitrogens with zero attached hydrogens (tertiary/aromatic N) is 4. The highest BCUT2D eigenvalue weighted by Crippen LogP contribution is 2.32. The van der Waals surface area contributed by atoms with E-state index in [0.29, 0.717) is 5.65 Å². The Labute approximate surface area is 176 Å². The predicted octanol–water partition coefficient (Wildman–Crippen LogP) is 5.74. The van der Waals surface area contributed by atoms with Gasteiger partial charge in [-0.2, -0.15) is 26.3 Å². The first-order chi connectivity index (χ1) is 15.1. The minimum atomic E-state index is -4.56. The van der Waals surface area contributed by atoms with Gasteiger partial charge < -0.3 is 5.32 Å². The monoisotopic (exact) mass is 449 g/mol. The van der Waals surface area contributed by atoms with Crippen molar-refractivity contribution >= 4 is 22.8 Å². The Balaban J connectivity index is 1.84. The normalized spacial score (nSPS) is 12.9. The fraction of sp³-hybridized carbons (Fsp3) is 0.0952. The van der Waals surface area contributed by atoms with Gasteiger partial charge in [0.2, 0.25) is 0 Å². The van der Waals surface area contributed by atoms with E-state index in [4.69, 9.17) is 0 Å². The summed E-state index contributed by atoms with van der Waals surface area (Å²) in [5.41, 5.74) is -1.50. The average Bonchev–Trinajstić information content (AvgIpc) is 2.73. The molecule has 2 heterocycles. The zero-order valence-electron chi connectivity index (χ0n) is 16.0. The predicted molar refractivity (Wildman–Crippen MR) is 104 cm³/mol. The van der Waals surface area contributed by atoms with Crippen LogP contribution in [0.25, 0.3) is 5.65 Å². The molecule has 0 atom stereocenters. The molecule has 32 heavy (non-hydrogen) atoms. The Morgan fingerprint density at radius 1 is 0.781 bits per heavy atom. The van der Waals surface area contributed by atoms with Crippen molar-refractivity contribution in [1.82, 2.24) is 14.6 Å². The SMILES string of the molecule is FC(F)(F)c1cccc(N=c2nc3ccccn3nc2Nc2cccc(C(F)(F)F)c2)c1.